The fraction of sp³-hybridized carbons (Fsp3) is 0.333. The van der Waals surface area contributed by atoms with Crippen molar-refractivity contribution in [2.45, 2.75) is 53.4 Å². The molecule has 0 bridgehead atoms. The number of nitrogens with zero attached hydrogens (tertiary/aromatic N) is 3. The van der Waals surface area contributed by atoms with E-state index in [4.69, 9.17) is 4.99 Å². The van der Waals surface area contributed by atoms with E-state index in [1.807, 2.05) is 6.21 Å². The molecule has 1 aliphatic carbocycles. The van der Waals surface area contributed by atoms with Gasteiger partial charge in [-0.15, -0.1) is 11.3 Å². The van der Waals surface area contributed by atoms with Crippen molar-refractivity contribution in [3.05, 3.63) is 68.3 Å². The Bertz CT molecular complexity index is 1120. The molecular weight excluding hydrogens is 362 g/mol. The van der Waals surface area contributed by atoms with Gasteiger partial charge in [-0.2, -0.15) is 5.26 Å². The zero-order valence-corrected chi connectivity index (χ0v) is 17.8. The molecule has 0 unspecified atom stereocenters. The number of thiophene rings is 1. The Hall–Kier alpha value is -2.64. The molecule has 2 aromatic heterocycles. The number of aliphatic imine (C=N–C) groups is 1. The van der Waals surface area contributed by atoms with Crippen LogP contribution in [0.15, 0.2) is 29.3 Å². The van der Waals surface area contributed by atoms with Gasteiger partial charge < -0.3 is 4.57 Å². The quantitative estimate of drug-likeness (QED) is 0.488. The molecule has 0 atom stereocenters. The molecule has 0 radical (unpaired) electrons. The number of rotatable bonds is 3. The van der Waals surface area contributed by atoms with Crippen molar-refractivity contribution >= 4 is 22.6 Å². The molecule has 2 heterocycles. The molecule has 142 valence electrons. The lowest BCUT2D eigenvalue weighted by Crippen LogP contribution is -2.02. The predicted molar refractivity (Wildman–Crippen MR) is 118 cm³/mol. The lowest BCUT2D eigenvalue weighted by Gasteiger charge is -2.14. The third-order valence-corrected chi connectivity index (χ3v) is 7.07. The summed E-state index contributed by atoms with van der Waals surface area (Å²) in [6.07, 6.45) is 6.44. The number of hydrogen-bond donors (Lipinski definition) is 0. The van der Waals surface area contributed by atoms with Crippen molar-refractivity contribution in [3.63, 3.8) is 0 Å². The fourth-order valence-electron chi connectivity index (χ4n) is 4.15. The van der Waals surface area contributed by atoms with Crippen molar-refractivity contribution in [2.75, 3.05) is 0 Å². The van der Waals surface area contributed by atoms with Gasteiger partial charge in [-0.1, -0.05) is 12.1 Å². The molecule has 3 nitrogen and oxygen atoms in total. The molecule has 0 N–H and O–H groups in total. The number of hydrogen-bond acceptors (Lipinski definition) is 3. The standard InChI is InChI=1S/C24H25N3S/c1-15-8-7-10-22(17(15)3)27-16(2)12-19(18(27)4)14-26-24-21(13-25)20-9-5-6-11-23(20)28-24/h7-8,10,12,14H,5-6,9,11H2,1-4H3. The first-order valence-corrected chi connectivity index (χ1v) is 10.7. The van der Waals surface area contributed by atoms with Crippen molar-refractivity contribution in [2.24, 2.45) is 4.99 Å². The smallest absolute Gasteiger partial charge is 0.134 e. The summed E-state index contributed by atoms with van der Waals surface area (Å²) >= 11 is 1.70. The molecule has 4 rings (SSSR count). The molecule has 0 amide bonds. The van der Waals surface area contributed by atoms with Gasteiger partial charge in [0.25, 0.3) is 0 Å². The molecule has 0 aliphatic heterocycles. The van der Waals surface area contributed by atoms with E-state index in [1.165, 1.54) is 51.5 Å². The third kappa shape index (κ3) is 3.10. The largest absolute Gasteiger partial charge is 0.318 e. The van der Waals surface area contributed by atoms with Gasteiger partial charge in [-0.25, -0.2) is 4.99 Å². The van der Waals surface area contributed by atoms with E-state index in [-0.39, 0.29) is 0 Å². The zero-order chi connectivity index (χ0) is 19.8. The molecule has 1 aliphatic rings. The second-order valence-electron chi connectivity index (χ2n) is 7.64. The number of benzene rings is 1. The maximum absolute atomic E-state index is 9.65. The third-order valence-electron chi connectivity index (χ3n) is 5.87. The van der Waals surface area contributed by atoms with Crippen molar-refractivity contribution in [1.82, 2.24) is 4.57 Å². The molecule has 0 fully saturated rings. The number of nitriles is 1. The van der Waals surface area contributed by atoms with Crippen LogP contribution in [0.25, 0.3) is 5.69 Å². The molecule has 0 saturated heterocycles. The SMILES string of the molecule is Cc1cccc(-n2c(C)cc(C=Nc3sc4c(c3C#N)CCCC4)c2C)c1C. The minimum absolute atomic E-state index is 0.791. The van der Waals surface area contributed by atoms with Gasteiger partial charge in [0.1, 0.15) is 11.1 Å². The molecule has 28 heavy (non-hydrogen) atoms. The van der Waals surface area contributed by atoms with Crippen LogP contribution in [0.4, 0.5) is 5.00 Å². The zero-order valence-electron chi connectivity index (χ0n) is 17.0. The van der Waals surface area contributed by atoms with Gasteiger partial charge in [0, 0.05) is 33.7 Å². The first-order chi connectivity index (χ1) is 13.5. The second-order valence-corrected chi connectivity index (χ2v) is 8.73. The van der Waals surface area contributed by atoms with E-state index in [1.54, 1.807) is 11.3 Å². The average Bonchev–Trinajstić information content (AvgIpc) is 3.19. The van der Waals surface area contributed by atoms with E-state index >= 15 is 0 Å². The Morgan fingerprint density at radius 3 is 2.71 bits per heavy atom. The van der Waals surface area contributed by atoms with Gasteiger partial charge in [0.2, 0.25) is 0 Å². The van der Waals surface area contributed by atoms with Crippen molar-refractivity contribution in [1.29, 1.82) is 5.26 Å². The summed E-state index contributed by atoms with van der Waals surface area (Å²) in [6, 6.07) is 11.0. The predicted octanol–water partition coefficient (Wildman–Crippen LogP) is 6.27. The number of aromatic nitrogens is 1. The second kappa shape index (κ2) is 7.41. The molecule has 0 spiro atoms. The van der Waals surface area contributed by atoms with E-state index in [0.29, 0.717) is 0 Å². The summed E-state index contributed by atoms with van der Waals surface area (Å²) in [4.78, 5) is 6.12. The highest BCUT2D eigenvalue weighted by molar-refractivity contribution is 7.16. The topological polar surface area (TPSA) is 41.1 Å². The maximum atomic E-state index is 9.65. The van der Waals surface area contributed by atoms with Gasteiger partial charge in [-0.3, -0.25) is 0 Å². The molecule has 0 saturated carbocycles. The highest BCUT2D eigenvalue weighted by Crippen LogP contribution is 2.39. The van der Waals surface area contributed by atoms with Crippen LogP contribution in [0.2, 0.25) is 0 Å². The normalized spacial score (nSPS) is 13.7. The minimum Gasteiger partial charge on any atom is -0.318 e. The maximum Gasteiger partial charge on any atom is 0.134 e. The fourth-order valence-corrected chi connectivity index (χ4v) is 5.34. The molecule has 3 aromatic rings. The van der Waals surface area contributed by atoms with Gasteiger partial charge in [0.05, 0.1) is 5.56 Å². The van der Waals surface area contributed by atoms with Crippen LogP contribution >= 0.6 is 11.3 Å². The monoisotopic (exact) mass is 387 g/mol. The summed E-state index contributed by atoms with van der Waals surface area (Å²) in [5, 5.41) is 10.5. The molecular formula is C24H25N3S. The van der Waals surface area contributed by atoms with Crippen LogP contribution in [-0.2, 0) is 12.8 Å². The lowest BCUT2D eigenvalue weighted by molar-refractivity contribution is 0.696. The van der Waals surface area contributed by atoms with Crippen LogP contribution in [-0.4, -0.2) is 10.8 Å². The summed E-state index contributed by atoms with van der Waals surface area (Å²) in [6.45, 7) is 8.60. The van der Waals surface area contributed by atoms with Crippen LogP contribution in [0, 0.1) is 39.0 Å². The molecule has 1 aromatic carbocycles. The Morgan fingerprint density at radius 2 is 1.93 bits per heavy atom. The van der Waals surface area contributed by atoms with Crippen LogP contribution in [0.5, 0.6) is 0 Å². The highest BCUT2D eigenvalue weighted by atomic mass is 32.1. The highest BCUT2D eigenvalue weighted by Gasteiger charge is 2.20. The Kier molecular flexibility index (Phi) is 4.95. The number of fused-ring (bicyclic) bond motifs is 1. The van der Waals surface area contributed by atoms with Gasteiger partial charge >= 0.3 is 0 Å². The summed E-state index contributed by atoms with van der Waals surface area (Å²) in [7, 11) is 0. The summed E-state index contributed by atoms with van der Waals surface area (Å²) < 4.78 is 2.30. The minimum atomic E-state index is 0.791. The van der Waals surface area contributed by atoms with Gasteiger partial charge in [-0.05, 0) is 82.2 Å². The van der Waals surface area contributed by atoms with E-state index in [2.05, 4.69) is 62.6 Å². The Balaban J connectivity index is 1.74. The van der Waals surface area contributed by atoms with Gasteiger partial charge in [0.15, 0.2) is 0 Å². The number of aryl methyl sites for hydroxylation is 3. The molecule has 4 heteroatoms. The van der Waals surface area contributed by atoms with Crippen LogP contribution in [0.1, 0.15) is 56.9 Å². The van der Waals surface area contributed by atoms with E-state index in [0.717, 1.165) is 29.0 Å². The van der Waals surface area contributed by atoms with Crippen LogP contribution in [0.3, 0.4) is 0 Å². The van der Waals surface area contributed by atoms with Crippen LogP contribution < -0.4 is 0 Å². The van der Waals surface area contributed by atoms with Crippen molar-refractivity contribution < 1.29 is 0 Å². The Labute approximate surface area is 171 Å². The van der Waals surface area contributed by atoms with Crippen molar-refractivity contribution in [3.8, 4) is 11.8 Å². The van der Waals surface area contributed by atoms with E-state index < -0.39 is 0 Å². The average molecular weight is 388 g/mol. The van der Waals surface area contributed by atoms with E-state index in [9.17, 15) is 5.26 Å². The Morgan fingerprint density at radius 1 is 1.14 bits per heavy atom. The first-order valence-electron chi connectivity index (χ1n) is 9.85. The lowest BCUT2D eigenvalue weighted by atomic mass is 9.96. The summed E-state index contributed by atoms with van der Waals surface area (Å²) in [5.74, 6) is 0. The summed E-state index contributed by atoms with van der Waals surface area (Å²) in [5.41, 5.74) is 9.32. The first kappa shape index (κ1) is 18.7.